The lowest BCUT2D eigenvalue weighted by molar-refractivity contribution is 1.43. The zero-order valence-electron chi connectivity index (χ0n) is 10.2. The summed E-state index contributed by atoms with van der Waals surface area (Å²) >= 11 is 0. The van der Waals surface area contributed by atoms with Gasteiger partial charge in [0.15, 0.2) is 0 Å². The Morgan fingerprint density at radius 1 is 0.895 bits per heavy atom. The highest BCUT2D eigenvalue weighted by atomic mass is 15.1. The topological polar surface area (TPSA) is 61.1 Å². The van der Waals surface area contributed by atoms with E-state index >= 15 is 0 Å². The van der Waals surface area contributed by atoms with Gasteiger partial charge in [-0.1, -0.05) is 59.7 Å². The molecular weight excluding hydrogens is 236 g/mol. The molecule has 0 unspecified atom stereocenters. The summed E-state index contributed by atoms with van der Waals surface area (Å²) in [6, 6.07) is 17.1. The summed E-state index contributed by atoms with van der Waals surface area (Å²) in [6.45, 7) is 0. The summed E-state index contributed by atoms with van der Waals surface area (Å²) < 4.78 is 0. The summed E-state index contributed by atoms with van der Waals surface area (Å²) in [5, 5.41) is 3.59. The molecule has 0 heterocycles. The number of hydrogen-bond donors (Lipinski definition) is 0. The molecule has 0 aliphatic heterocycles. The molecule has 19 heavy (non-hydrogen) atoms. The summed E-state index contributed by atoms with van der Waals surface area (Å²) in [5.41, 5.74) is 10.7. The van der Waals surface area contributed by atoms with Crippen molar-refractivity contribution in [3.63, 3.8) is 0 Å². The molecule has 0 radical (unpaired) electrons. The zero-order chi connectivity index (χ0) is 13.3. The van der Waals surface area contributed by atoms with Crippen molar-refractivity contribution in [1.29, 1.82) is 0 Å². The molecule has 0 spiro atoms. The molecule has 2 aromatic carbocycles. The Kier molecular flexibility index (Phi) is 4.51. The van der Waals surface area contributed by atoms with Crippen LogP contribution in [0.2, 0.25) is 0 Å². The normalized spacial score (nSPS) is 10.7. The van der Waals surface area contributed by atoms with Gasteiger partial charge in [-0.2, -0.15) is 0 Å². The zero-order valence-corrected chi connectivity index (χ0v) is 10.2. The van der Waals surface area contributed by atoms with Crippen molar-refractivity contribution in [3.8, 4) is 0 Å². The smallest absolute Gasteiger partial charge is 0.0725 e. The Morgan fingerprint density at radius 3 is 2.32 bits per heavy atom. The minimum absolute atomic E-state index is 0.523. The van der Waals surface area contributed by atoms with Crippen molar-refractivity contribution in [2.24, 2.45) is 10.1 Å². The van der Waals surface area contributed by atoms with Crippen LogP contribution in [-0.2, 0) is 0 Å². The van der Waals surface area contributed by atoms with Crippen molar-refractivity contribution in [2.75, 3.05) is 0 Å². The van der Waals surface area contributed by atoms with E-state index in [1.165, 1.54) is 0 Å². The van der Waals surface area contributed by atoms with Gasteiger partial charge in [-0.25, -0.2) is 0 Å². The number of allylic oxidation sites excluding steroid dienone is 1. The van der Waals surface area contributed by atoms with Crippen LogP contribution in [0.25, 0.3) is 16.5 Å². The predicted octanol–water partition coefficient (Wildman–Crippen LogP) is 5.04. The van der Waals surface area contributed by atoms with Crippen molar-refractivity contribution in [1.82, 2.24) is 0 Å². The van der Waals surface area contributed by atoms with Crippen LogP contribution in [0, 0.1) is 0 Å². The second kappa shape index (κ2) is 6.79. The maximum absolute atomic E-state index is 8.46. The number of aliphatic imine (C=N–C) groups is 1. The average Bonchev–Trinajstić information content (AvgIpc) is 2.47. The van der Waals surface area contributed by atoms with Gasteiger partial charge in [-0.3, -0.25) is 4.99 Å². The monoisotopic (exact) mass is 248 g/mol. The van der Waals surface area contributed by atoms with E-state index in [0.717, 1.165) is 5.56 Å². The molecular formula is C15H12N4. The first-order chi connectivity index (χ1) is 9.40. The fourth-order valence-electron chi connectivity index (χ4n) is 1.55. The molecule has 0 amide bonds. The molecule has 92 valence electrons. The Balaban J connectivity index is 2.11. The van der Waals surface area contributed by atoms with Crippen LogP contribution in [0.15, 0.2) is 70.8 Å². The van der Waals surface area contributed by atoms with Gasteiger partial charge in [0.25, 0.3) is 0 Å². The van der Waals surface area contributed by atoms with E-state index in [1.807, 2.05) is 54.6 Å². The Hall–Kier alpha value is -2.84. The molecule has 0 atom stereocenters. The molecule has 4 nitrogen and oxygen atoms in total. The lowest BCUT2D eigenvalue weighted by atomic mass is 10.2. The van der Waals surface area contributed by atoms with Crippen LogP contribution in [-0.4, -0.2) is 6.21 Å². The van der Waals surface area contributed by atoms with Crippen LogP contribution < -0.4 is 0 Å². The molecule has 0 saturated carbocycles. The minimum atomic E-state index is 0.523. The first kappa shape index (κ1) is 12.6. The summed E-state index contributed by atoms with van der Waals surface area (Å²) in [4.78, 5) is 7.04. The molecule has 2 aromatic rings. The summed E-state index contributed by atoms with van der Waals surface area (Å²) in [6.07, 6.45) is 5.49. The van der Waals surface area contributed by atoms with Gasteiger partial charge in [0, 0.05) is 11.1 Å². The molecule has 0 bridgehead atoms. The standard InChI is InChI=1S/C15H12N4/c16-19-18-15-11-5-4-10-14(15)17-12-6-9-13-7-2-1-3-8-13/h1-12H/b9-6+,17-12?. The van der Waals surface area contributed by atoms with Gasteiger partial charge < -0.3 is 0 Å². The molecule has 0 aliphatic rings. The summed E-state index contributed by atoms with van der Waals surface area (Å²) in [7, 11) is 0. The molecule has 0 aliphatic carbocycles. The van der Waals surface area contributed by atoms with Crippen molar-refractivity contribution in [3.05, 3.63) is 76.7 Å². The highest BCUT2D eigenvalue weighted by Crippen LogP contribution is 2.26. The van der Waals surface area contributed by atoms with Crippen molar-refractivity contribution >= 4 is 23.7 Å². The molecule has 0 saturated heterocycles. The largest absolute Gasteiger partial charge is 0.256 e. The Bertz CT molecular complexity index is 638. The van der Waals surface area contributed by atoms with Crippen LogP contribution in [0.4, 0.5) is 11.4 Å². The van der Waals surface area contributed by atoms with Gasteiger partial charge in [-0.05, 0) is 23.2 Å². The predicted molar refractivity (Wildman–Crippen MR) is 78.9 cm³/mol. The lowest BCUT2D eigenvalue weighted by Crippen LogP contribution is -1.71. The number of azide groups is 1. The van der Waals surface area contributed by atoms with E-state index in [4.69, 9.17) is 5.53 Å². The number of hydrogen-bond acceptors (Lipinski definition) is 2. The highest BCUT2D eigenvalue weighted by Gasteiger charge is 1.94. The number of benzene rings is 2. The molecule has 2 rings (SSSR count). The third kappa shape index (κ3) is 3.84. The van der Waals surface area contributed by atoms with E-state index in [-0.39, 0.29) is 0 Å². The maximum atomic E-state index is 8.46. The number of rotatable bonds is 4. The lowest BCUT2D eigenvalue weighted by Gasteiger charge is -1.96. The van der Waals surface area contributed by atoms with Gasteiger partial charge in [0.1, 0.15) is 0 Å². The first-order valence-corrected chi connectivity index (χ1v) is 5.80. The number of para-hydroxylation sites is 1. The Morgan fingerprint density at radius 2 is 1.58 bits per heavy atom. The van der Waals surface area contributed by atoms with Gasteiger partial charge in [-0.15, -0.1) is 0 Å². The molecule has 0 N–H and O–H groups in total. The molecule has 0 fully saturated rings. The Labute approximate surface area is 111 Å². The fourth-order valence-corrected chi connectivity index (χ4v) is 1.55. The van der Waals surface area contributed by atoms with Gasteiger partial charge in [0.2, 0.25) is 0 Å². The highest BCUT2D eigenvalue weighted by molar-refractivity contribution is 5.82. The quantitative estimate of drug-likeness (QED) is 0.315. The van der Waals surface area contributed by atoms with Crippen LogP contribution >= 0.6 is 0 Å². The second-order valence-electron chi connectivity index (χ2n) is 3.73. The van der Waals surface area contributed by atoms with Crippen LogP contribution in [0.1, 0.15) is 5.56 Å². The third-order valence-corrected chi connectivity index (χ3v) is 2.42. The average molecular weight is 248 g/mol. The third-order valence-electron chi connectivity index (χ3n) is 2.42. The van der Waals surface area contributed by atoms with Gasteiger partial charge in [0.05, 0.1) is 11.4 Å². The van der Waals surface area contributed by atoms with E-state index in [1.54, 1.807) is 18.3 Å². The van der Waals surface area contributed by atoms with Gasteiger partial charge >= 0.3 is 0 Å². The molecule has 4 heteroatoms. The first-order valence-electron chi connectivity index (χ1n) is 5.80. The SMILES string of the molecule is [N-]=[N+]=Nc1ccccc1N=C/C=C/c1ccccc1. The molecule has 0 aromatic heterocycles. The second-order valence-corrected chi connectivity index (χ2v) is 3.73. The van der Waals surface area contributed by atoms with E-state index in [9.17, 15) is 0 Å². The van der Waals surface area contributed by atoms with Crippen LogP contribution in [0.3, 0.4) is 0 Å². The minimum Gasteiger partial charge on any atom is -0.256 e. The fraction of sp³-hybridized carbons (Fsp3) is 0. The van der Waals surface area contributed by atoms with E-state index < -0.39 is 0 Å². The maximum Gasteiger partial charge on any atom is 0.0725 e. The van der Waals surface area contributed by atoms with Crippen LogP contribution in [0.5, 0.6) is 0 Å². The van der Waals surface area contributed by atoms with Crippen molar-refractivity contribution < 1.29 is 0 Å². The van der Waals surface area contributed by atoms with E-state index in [2.05, 4.69) is 15.0 Å². The number of nitrogens with zero attached hydrogens (tertiary/aromatic N) is 4. The van der Waals surface area contributed by atoms with E-state index in [0.29, 0.717) is 11.4 Å². The van der Waals surface area contributed by atoms with Crippen molar-refractivity contribution in [2.45, 2.75) is 0 Å². The summed E-state index contributed by atoms with van der Waals surface area (Å²) in [5.74, 6) is 0.